The molecule has 0 unspecified atom stereocenters. The van der Waals surface area contributed by atoms with E-state index in [1.54, 1.807) is 18.7 Å². The molecule has 0 saturated heterocycles. The highest BCUT2D eigenvalue weighted by atomic mass is 16.3. The lowest BCUT2D eigenvalue weighted by molar-refractivity contribution is 0.0761. The molecule has 0 aromatic carbocycles. The highest BCUT2D eigenvalue weighted by Gasteiger charge is 2.23. The summed E-state index contributed by atoms with van der Waals surface area (Å²) in [7, 11) is 0. The number of carbonyl (C=O) groups excluding carboxylic acids is 1. The van der Waals surface area contributed by atoms with Crippen LogP contribution in [0.1, 0.15) is 33.1 Å². The minimum atomic E-state index is 0.0367. The lowest BCUT2D eigenvalue weighted by Crippen LogP contribution is -2.33. The van der Waals surface area contributed by atoms with Crippen LogP contribution in [0.2, 0.25) is 0 Å². The molecule has 0 aliphatic carbocycles. The van der Waals surface area contributed by atoms with Crippen molar-refractivity contribution in [1.82, 2.24) is 14.9 Å². The van der Waals surface area contributed by atoms with Crippen molar-refractivity contribution in [3.8, 4) is 0 Å². The van der Waals surface area contributed by atoms with E-state index in [4.69, 9.17) is 4.42 Å². The Morgan fingerprint density at radius 3 is 2.80 bits per heavy atom. The number of carbonyl (C=O) groups is 1. The average molecular weight is 271 g/mol. The largest absolute Gasteiger partial charge is 0.469 e. The van der Waals surface area contributed by atoms with Crippen LogP contribution in [0.4, 0.5) is 0 Å². The van der Waals surface area contributed by atoms with E-state index in [1.165, 1.54) is 5.56 Å². The van der Waals surface area contributed by atoms with Gasteiger partial charge in [0, 0.05) is 30.9 Å². The molecule has 2 aromatic heterocycles. The minimum absolute atomic E-state index is 0.0367. The van der Waals surface area contributed by atoms with Crippen molar-refractivity contribution >= 4 is 5.91 Å². The number of hydrogen-bond donors (Lipinski definition) is 0. The molecule has 0 saturated carbocycles. The zero-order chi connectivity index (χ0) is 14.1. The summed E-state index contributed by atoms with van der Waals surface area (Å²) in [6.45, 7) is 5.20. The lowest BCUT2D eigenvalue weighted by atomic mass is 10.1. The summed E-state index contributed by atoms with van der Waals surface area (Å²) in [5, 5.41) is 0. The Balaban J connectivity index is 1.82. The molecule has 1 aliphatic rings. The van der Waals surface area contributed by atoms with E-state index in [0.29, 0.717) is 24.4 Å². The number of amides is 1. The van der Waals surface area contributed by atoms with Gasteiger partial charge in [0.1, 0.15) is 12.1 Å². The van der Waals surface area contributed by atoms with E-state index in [0.717, 1.165) is 24.2 Å². The van der Waals surface area contributed by atoms with Gasteiger partial charge in [0.25, 0.3) is 5.91 Å². The zero-order valence-corrected chi connectivity index (χ0v) is 11.7. The van der Waals surface area contributed by atoms with Gasteiger partial charge in [-0.25, -0.2) is 9.97 Å². The van der Waals surface area contributed by atoms with Crippen LogP contribution >= 0.6 is 0 Å². The summed E-state index contributed by atoms with van der Waals surface area (Å²) in [5.74, 6) is 0.711. The summed E-state index contributed by atoms with van der Waals surface area (Å²) >= 11 is 0. The Morgan fingerprint density at radius 2 is 2.05 bits per heavy atom. The number of aromatic nitrogens is 2. The van der Waals surface area contributed by atoms with E-state index in [-0.39, 0.29) is 5.91 Å². The predicted octanol–water partition coefficient (Wildman–Crippen LogP) is 1.93. The molecule has 0 N–H and O–H groups in total. The molecular formula is C15H17N3O2. The third-order valence-corrected chi connectivity index (χ3v) is 3.88. The van der Waals surface area contributed by atoms with Gasteiger partial charge < -0.3 is 9.32 Å². The molecular weight excluding hydrogens is 254 g/mol. The summed E-state index contributed by atoms with van der Waals surface area (Å²) in [6, 6.07) is 1.74. The second kappa shape index (κ2) is 5.07. The van der Waals surface area contributed by atoms with Crippen LogP contribution in [0.25, 0.3) is 0 Å². The molecule has 2 aromatic rings. The van der Waals surface area contributed by atoms with Gasteiger partial charge in [0.15, 0.2) is 0 Å². The number of aryl methyl sites for hydroxylation is 2. The first-order valence-corrected chi connectivity index (χ1v) is 6.79. The summed E-state index contributed by atoms with van der Waals surface area (Å²) in [5.41, 5.74) is 3.92. The molecule has 5 heteroatoms. The summed E-state index contributed by atoms with van der Waals surface area (Å²) in [6.07, 6.45) is 4.75. The van der Waals surface area contributed by atoms with Crippen LogP contribution < -0.4 is 0 Å². The second-order valence-electron chi connectivity index (χ2n) is 5.07. The van der Waals surface area contributed by atoms with Gasteiger partial charge >= 0.3 is 0 Å². The summed E-state index contributed by atoms with van der Waals surface area (Å²) in [4.78, 5) is 23.0. The monoisotopic (exact) mass is 271 g/mol. The molecule has 0 atom stereocenters. The first-order chi connectivity index (χ1) is 9.66. The topological polar surface area (TPSA) is 59.2 Å². The molecule has 20 heavy (non-hydrogen) atoms. The molecule has 0 spiro atoms. The standard InChI is InChI=1S/C15H17N3O2/c1-10-12-3-6-18(7-4-14(12)17-9-16-10)15(19)13-5-8-20-11(13)2/h5,8-9H,3-4,6-7H2,1-2H3. The van der Waals surface area contributed by atoms with Crippen molar-refractivity contribution in [1.29, 1.82) is 0 Å². The molecule has 1 aliphatic heterocycles. The molecule has 0 fully saturated rings. The SMILES string of the molecule is Cc1ncnc2c1CCN(C(=O)c1ccoc1C)CC2. The van der Waals surface area contributed by atoms with E-state index in [9.17, 15) is 4.79 Å². The Kier molecular flexibility index (Phi) is 3.26. The van der Waals surface area contributed by atoms with Crippen LogP contribution in [0, 0.1) is 13.8 Å². The van der Waals surface area contributed by atoms with Crippen molar-refractivity contribution in [2.75, 3.05) is 13.1 Å². The van der Waals surface area contributed by atoms with Crippen molar-refractivity contribution in [2.24, 2.45) is 0 Å². The van der Waals surface area contributed by atoms with Gasteiger partial charge in [-0.2, -0.15) is 0 Å². The number of hydrogen-bond acceptors (Lipinski definition) is 4. The average Bonchev–Trinajstić information content (AvgIpc) is 2.73. The van der Waals surface area contributed by atoms with Gasteiger partial charge in [-0.1, -0.05) is 0 Å². The Labute approximate surface area is 117 Å². The van der Waals surface area contributed by atoms with Crippen molar-refractivity contribution < 1.29 is 9.21 Å². The van der Waals surface area contributed by atoms with Crippen LogP contribution in [0.15, 0.2) is 23.1 Å². The van der Waals surface area contributed by atoms with Crippen molar-refractivity contribution in [3.63, 3.8) is 0 Å². The van der Waals surface area contributed by atoms with Crippen LogP contribution in [0.5, 0.6) is 0 Å². The smallest absolute Gasteiger partial charge is 0.257 e. The third kappa shape index (κ3) is 2.19. The molecule has 104 valence electrons. The second-order valence-corrected chi connectivity index (χ2v) is 5.07. The molecule has 0 radical (unpaired) electrons. The maximum absolute atomic E-state index is 12.5. The predicted molar refractivity (Wildman–Crippen MR) is 73.5 cm³/mol. The number of fused-ring (bicyclic) bond motifs is 1. The number of rotatable bonds is 1. The van der Waals surface area contributed by atoms with Gasteiger partial charge in [0.05, 0.1) is 11.8 Å². The maximum Gasteiger partial charge on any atom is 0.257 e. The van der Waals surface area contributed by atoms with E-state index < -0.39 is 0 Å². The quantitative estimate of drug-likeness (QED) is 0.795. The first kappa shape index (κ1) is 12.8. The van der Waals surface area contributed by atoms with Crippen LogP contribution in [-0.2, 0) is 12.8 Å². The third-order valence-electron chi connectivity index (χ3n) is 3.88. The van der Waals surface area contributed by atoms with Gasteiger partial charge in [-0.15, -0.1) is 0 Å². The van der Waals surface area contributed by atoms with Gasteiger partial charge in [0.2, 0.25) is 0 Å². The molecule has 0 bridgehead atoms. The van der Waals surface area contributed by atoms with Crippen molar-refractivity contribution in [3.05, 3.63) is 46.9 Å². The molecule has 5 nitrogen and oxygen atoms in total. The zero-order valence-electron chi connectivity index (χ0n) is 11.7. The lowest BCUT2D eigenvalue weighted by Gasteiger charge is -2.19. The van der Waals surface area contributed by atoms with E-state index in [2.05, 4.69) is 9.97 Å². The fraction of sp³-hybridized carbons (Fsp3) is 0.400. The molecule has 3 rings (SSSR count). The van der Waals surface area contributed by atoms with E-state index >= 15 is 0 Å². The minimum Gasteiger partial charge on any atom is -0.469 e. The molecule has 1 amide bonds. The van der Waals surface area contributed by atoms with Crippen LogP contribution in [-0.4, -0.2) is 33.9 Å². The van der Waals surface area contributed by atoms with Crippen LogP contribution in [0.3, 0.4) is 0 Å². The summed E-state index contributed by atoms with van der Waals surface area (Å²) < 4.78 is 5.22. The number of nitrogens with zero attached hydrogens (tertiary/aromatic N) is 3. The van der Waals surface area contributed by atoms with Gasteiger partial charge in [-0.3, -0.25) is 4.79 Å². The van der Waals surface area contributed by atoms with E-state index in [1.807, 2.05) is 18.7 Å². The Bertz CT molecular complexity index is 648. The fourth-order valence-electron chi connectivity index (χ4n) is 2.67. The number of furan rings is 1. The first-order valence-electron chi connectivity index (χ1n) is 6.79. The normalized spacial score (nSPS) is 14.8. The highest BCUT2D eigenvalue weighted by molar-refractivity contribution is 5.95. The fourth-order valence-corrected chi connectivity index (χ4v) is 2.67. The highest BCUT2D eigenvalue weighted by Crippen LogP contribution is 2.18. The van der Waals surface area contributed by atoms with Gasteiger partial charge in [-0.05, 0) is 31.9 Å². The Hall–Kier alpha value is -2.17. The van der Waals surface area contributed by atoms with Crippen molar-refractivity contribution in [2.45, 2.75) is 26.7 Å². The maximum atomic E-state index is 12.5. The Morgan fingerprint density at radius 1 is 1.25 bits per heavy atom. The molecule has 3 heterocycles.